The van der Waals surface area contributed by atoms with Crippen LogP contribution in [0.1, 0.15) is 30.9 Å². The zero-order valence-electron chi connectivity index (χ0n) is 12.6. The Morgan fingerprint density at radius 2 is 1.81 bits per heavy atom. The van der Waals surface area contributed by atoms with Crippen LogP contribution in [0.5, 0.6) is 5.75 Å². The third kappa shape index (κ3) is 5.07. The second-order valence-electron chi connectivity index (χ2n) is 5.63. The van der Waals surface area contributed by atoms with Gasteiger partial charge in [0.2, 0.25) is 0 Å². The maximum Gasteiger partial charge on any atom is 0.120 e. The lowest BCUT2D eigenvalue weighted by molar-refractivity contribution is 0.287. The summed E-state index contributed by atoms with van der Waals surface area (Å²) in [5.41, 5.74) is 8.72. The van der Waals surface area contributed by atoms with Crippen molar-refractivity contribution in [1.82, 2.24) is 0 Å². The van der Waals surface area contributed by atoms with E-state index in [9.17, 15) is 0 Å². The summed E-state index contributed by atoms with van der Waals surface area (Å²) in [7, 11) is 0. The molecule has 2 rings (SSSR count). The molecule has 2 N–H and O–H groups in total. The van der Waals surface area contributed by atoms with Gasteiger partial charge in [-0.15, -0.1) is 0 Å². The van der Waals surface area contributed by atoms with Crippen LogP contribution < -0.4 is 10.5 Å². The molecule has 0 radical (unpaired) electrons. The Bertz CT molecular complexity index is 566. The number of halogens is 1. The average Bonchev–Trinajstić information content (AvgIpc) is 2.46. The van der Waals surface area contributed by atoms with Crippen molar-refractivity contribution in [2.45, 2.75) is 32.2 Å². The topological polar surface area (TPSA) is 35.2 Å². The third-order valence-corrected chi connectivity index (χ3v) is 3.64. The van der Waals surface area contributed by atoms with Crippen molar-refractivity contribution < 1.29 is 4.74 Å². The van der Waals surface area contributed by atoms with E-state index in [0.717, 1.165) is 12.2 Å². The molecule has 0 aliphatic carbocycles. The molecule has 0 saturated heterocycles. The molecule has 0 saturated carbocycles. The van der Waals surface area contributed by atoms with Gasteiger partial charge in [0.05, 0.1) is 0 Å². The van der Waals surface area contributed by atoms with Crippen LogP contribution >= 0.6 is 11.6 Å². The predicted octanol–water partition coefficient (Wildman–Crippen LogP) is 4.41. The molecule has 0 aliphatic heterocycles. The Hall–Kier alpha value is -1.51. The van der Waals surface area contributed by atoms with Gasteiger partial charge in [-0.05, 0) is 41.7 Å². The van der Waals surface area contributed by atoms with Gasteiger partial charge in [-0.2, -0.15) is 0 Å². The van der Waals surface area contributed by atoms with E-state index in [1.807, 2.05) is 18.2 Å². The van der Waals surface area contributed by atoms with Gasteiger partial charge in [-0.25, -0.2) is 0 Å². The number of nitrogens with two attached hydrogens (primary N) is 1. The van der Waals surface area contributed by atoms with Crippen molar-refractivity contribution >= 4 is 11.6 Å². The molecule has 21 heavy (non-hydrogen) atoms. The molecule has 1 unspecified atom stereocenters. The lowest BCUT2D eigenvalue weighted by Crippen LogP contribution is -2.30. The monoisotopic (exact) mass is 303 g/mol. The third-order valence-electron chi connectivity index (χ3n) is 3.40. The van der Waals surface area contributed by atoms with Crippen molar-refractivity contribution in [1.29, 1.82) is 0 Å². The van der Waals surface area contributed by atoms with E-state index < -0.39 is 0 Å². The van der Waals surface area contributed by atoms with Crippen LogP contribution in [-0.2, 0) is 6.42 Å². The van der Waals surface area contributed by atoms with Gasteiger partial charge in [0.1, 0.15) is 12.4 Å². The van der Waals surface area contributed by atoms with E-state index >= 15 is 0 Å². The molecular weight excluding hydrogens is 282 g/mol. The van der Waals surface area contributed by atoms with Gasteiger partial charge in [-0.3, -0.25) is 0 Å². The lowest BCUT2D eigenvalue weighted by atomic mass is 9.99. The number of hydrogen-bond acceptors (Lipinski definition) is 2. The highest BCUT2D eigenvalue weighted by atomic mass is 35.5. The minimum absolute atomic E-state index is 0.0334. The van der Waals surface area contributed by atoms with Gasteiger partial charge < -0.3 is 10.5 Å². The second kappa shape index (κ2) is 7.48. The van der Waals surface area contributed by atoms with Crippen LogP contribution in [0.2, 0.25) is 5.02 Å². The molecule has 2 nitrogen and oxygen atoms in total. The zero-order chi connectivity index (χ0) is 15.2. The summed E-state index contributed by atoms with van der Waals surface area (Å²) in [5, 5.41) is 0.672. The summed E-state index contributed by atoms with van der Waals surface area (Å²) < 4.78 is 5.67. The number of hydrogen-bond donors (Lipinski definition) is 1. The molecule has 112 valence electrons. The van der Waals surface area contributed by atoms with Crippen molar-refractivity contribution in [2.75, 3.05) is 6.61 Å². The van der Waals surface area contributed by atoms with Gasteiger partial charge in [-0.1, -0.05) is 55.8 Å². The highest BCUT2D eigenvalue weighted by molar-refractivity contribution is 6.30. The maximum atomic E-state index is 6.13. The van der Waals surface area contributed by atoms with Gasteiger partial charge in [0, 0.05) is 11.1 Å². The first-order chi connectivity index (χ1) is 10.0. The minimum Gasteiger partial charge on any atom is -0.492 e. The van der Waals surface area contributed by atoms with E-state index in [-0.39, 0.29) is 6.04 Å². The summed E-state index contributed by atoms with van der Waals surface area (Å²) in [5.74, 6) is 1.31. The predicted molar refractivity (Wildman–Crippen MR) is 89.2 cm³/mol. The van der Waals surface area contributed by atoms with Crippen LogP contribution in [0, 0.1) is 0 Å². The van der Waals surface area contributed by atoms with Gasteiger partial charge in [0.15, 0.2) is 0 Å². The second-order valence-corrected chi connectivity index (χ2v) is 6.07. The van der Waals surface area contributed by atoms with Crippen LogP contribution in [-0.4, -0.2) is 12.6 Å². The summed E-state index contributed by atoms with van der Waals surface area (Å²) in [6, 6.07) is 16.0. The molecule has 3 heteroatoms. The Kier molecular flexibility index (Phi) is 5.66. The van der Waals surface area contributed by atoms with Crippen LogP contribution in [0.15, 0.2) is 48.5 Å². The molecule has 2 aromatic carbocycles. The molecule has 2 aromatic rings. The number of ether oxygens (including phenoxy) is 1. The SMILES string of the molecule is CC(C)c1ccc(CC(N)COc2cccc(Cl)c2)cc1. The molecule has 0 bridgehead atoms. The Morgan fingerprint density at radius 3 is 2.43 bits per heavy atom. The van der Waals surface area contributed by atoms with Crippen molar-refractivity contribution in [3.8, 4) is 5.75 Å². The van der Waals surface area contributed by atoms with E-state index in [1.165, 1.54) is 11.1 Å². The van der Waals surface area contributed by atoms with E-state index in [1.54, 1.807) is 6.07 Å². The fourth-order valence-electron chi connectivity index (χ4n) is 2.16. The van der Waals surface area contributed by atoms with E-state index in [4.69, 9.17) is 22.1 Å². The first-order valence-electron chi connectivity index (χ1n) is 7.27. The highest BCUT2D eigenvalue weighted by Gasteiger charge is 2.06. The summed E-state index contributed by atoms with van der Waals surface area (Å²) in [6.07, 6.45) is 0.805. The molecule has 0 aliphatic rings. The zero-order valence-corrected chi connectivity index (χ0v) is 13.3. The molecular formula is C18H22ClNO. The Balaban J connectivity index is 1.85. The molecule has 0 heterocycles. The molecule has 0 amide bonds. The number of rotatable bonds is 6. The minimum atomic E-state index is -0.0334. The largest absolute Gasteiger partial charge is 0.492 e. The van der Waals surface area contributed by atoms with E-state index in [0.29, 0.717) is 17.5 Å². The summed E-state index contributed by atoms with van der Waals surface area (Å²) >= 11 is 5.92. The molecule has 0 spiro atoms. The number of benzene rings is 2. The molecule has 1 atom stereocenters. The fraction of sp³-hybridized carbons (Fsp3) is 0.333. The highest BCUT2D eigenvalue weighted by Crippen LogP contribution is 2.18. The lowest BCUT2D eigenvalue weighted by Gasteiger charge is -2.14. The van der Waals surface area contributed by atoms with Gasteiger partial charge >= 0.3 is 0 Å². The summed E-state index contributed by atoms with van der Waals surface area (Å²) in [4.78, 5) is 0. The van der Waals surface area contributed by atoms with Gasteiger partial charge in [0.25, 0.3) is 0 Å². The normalized spacial score (nSPS) is 12.4. The first-order valence-corrected chi connectivity index (χ1v) is 7.65. The maximum absolute atomic E-state index is 6.13. The standard InChI is InChI=1S/C18H22ClNO/c1-13(2)15-8-6-14(7-9-15)10-17(20)12-21-18-5-3-4-16(19)11-18/h3-9,11,13,17H,10,12,20H2,1-2H3. The van der Waals surface area contributed by atoms with Crippen molar-refractivity contribution in [3.05, 3.63) is 64.7 Å². The van der Waals surface area contributed by atoms with Crippen molar-refractivity contribution in [3.63, 3.8) is 0 Å². The van der Waals surface area contributed by atoms with Crippen LogP contribution in [0.3, 0.4) is 0 Å². The fourth-order valence-corrected chi connectivity index (χ4v) is 2.34. The average molecular weight is 304 g/mol. The van der Waals surface area contributed by atoms with E-state index in [2.05, 4.69) is 38.1 Å². The smallest absolute Gasteiger partial charge is 0.120 e. The molecule has 0 aromatic heterocycles. The first kappa shape index (κ1) is 15.9. The van der Waals surface area contributed by atoms with Crippen molar-refractivity contribution in [2.24, 2.45) is 5.73 Å². The Labute approximate surface area is 131 Å². The quantitative estimate of drug-likeness (QED) is 0.858. The van der Waals surface area contributed by atoms with Crippen LogP contribution in [0.25, 0.3) is 0 Å². The molecule has 0 fully saturated rings. The Morgan fingerprint density at radius 1 is 1.10 bits per heavy atom. The summed E-state index contributed by atoms with van der Waals surface area (Å²) in [6.45, 7) is 4.87. The van der Waals surface area contributed by atoms with Crippen LogP contribution in [0.4, 0.5) is 0 Å².